The fourth-order valence-corrected chi connectivity index (χ4v) is 2.52. The molecule has 0 radical (unpaired) electrons. The Morgan fingerprint density at radius 2 is 2.35 bits per heavy atom. The first-order valence-corrected chi connectivity index (χ1v) is 6.02. The van der Waals surface area contributed by atoms with E-state index in [1.807, 2.05) is 18.2 Å². The molecule has 1 aliphatic heterocycles. The van der Waals surface area contributed by atoms with Crippen LogP contribution in [0.25, 0.3) is 11.1 Å². The zero-order chi connectivity index (χ0) is 11.8. The molecule has 5 heteroatoms. The molecule has 2 heterocycles. The molecule has 1 N–H and O–H groups in total. The van der Waals surface area contributed by atoms with Gasteiger partial charge in [-0.2, -0.15) is 0 Å². The number of fused-ring (bicyclic) bond motifs is 1. The van der Waals surface area contributed by atoms with E-state index in [1.165, 1.54) is 0 Å². The van der Waals surface area contributed by atoms with Crippen molar-refractivity contribution in [2.45, 2.75) is 11.8 Å². The van der Waals surface area contributed by atoms with Crippen molar-refractivity contribution in [2.24, 2.45) is 5.92 Å². The normalized spacial score (nSPS) is 22.1. The first-order chi connectivity index (χ1) is 8.24. The summed E-state index contributed by atoms with van der Waals surface area (Å²) in [4.78, 5) is 13.7. The smallest absolute Gasteiger partial charge is 0.408 e. The average molecular weight is 254 g/mol. The summed E-state index contributed by atoms with van der Waals surface area (Å²) >= 11 is 6.41. The Balaban J connectivity index is 1.96. The number of oxazole rings is 1. The fraction of sp³-hybridized carbons (Fsp3) is 0.417. The van der Waals surface area contributed by atoms with Crippen LogP contribution < -0.4 is 5.76 Å². The molecule has 0 spiro atoms. The zero-order valence-corrected chi connectivity index (χ0v) is 9.87. The summed E-state index contributed by atoms with van der Waals surface area (Å²) in [5, 5.41) is -0.0953. The number of rotatable bonds is 2. The Hall–Kier alpha value is -1.26. The van der Waals surface area contributed by atoms with E-state index < -0.39 is 5.76 Å². The van der Waals surface area contributed by atoms with Crippen molar-refractivity contribution in [3.63, 3.8) is 0 Å². The quantitative estimate of drug-likeness (QED) is 0.837. The van der Waals surface area contributed by atoms with Crippen molar-refractivity contribution in [2.75, 3.05) is 13.2 Å². The number of hydrogen-bond acceptors (Lipinski definition) is 3. The van der Waals surface area contributed by atoms with Crippen molar-refractivity contribution < 1.29 is 9.15 Å². The third kappa shape index (κ3) is 1.98. The standard InChI is InChI=1S/C12H12ClNO3/c13-11(8-3-4-16-6-8)7-1-2-9-10(5-7)17-12(15)14-9/h1-2,5,8,11H,3-4,6H2,(H,14,15). The molecule has 1 aliphatic rings. The predicted molar refractivity (Wildman–Crippen MR) is 64.4 cm³/mol. The largest absolute Gasteiger partial charge is 0.417 e. The second-order valence-electron chi connectivity index (χ2n) is 4.30. The Kier molecular flexibility index (Phi) is 2.68. The molecular weight excluding hydrogens is 242 g/mol. The minimum absolute atomic E-state index is 0.0953. The lowest BCUT2D eigenvalue weighted by Gasteiger charge is -2.15. The molecule has 4 nitrogen and oxygen atoms in total. The van der Waals surface area contributed by atoms with Gasteiger partial charge in [-0.3, -0.25) is 4.98 Å². The summed E-state index contributed by atoms with van der Waals surface area (Å²) in [7, 11) is 0. The number of benzene rings is 1. The van der Waals surface area contributed by atoms with Crippen LogP contribution in [0.15, 0.2) is 27.4 Å². The highest BCUT2D eigenvalue weighted by atomic mass is 35.5. The van der Waals surface area contributed by atoms with Crippen LogP contribution in [0.1, 0.15) is 17.4 Å². The topological polar surface area (TPSA) is 55.2 Å². The van der Waals surface area contributed by atoms with Crippen LogP contribution in [0.4, 0.5) is 0 Å². The number of halogens is 1. The van der Waals surface area contributed by atoms with Gasteiger partial charge in [0.2, 0.25) is 0 Å². The van der Waals surface area contributed by atoms with E-state index >= 15 is 0 Å². The van der Waals surface area contributed by atoms with Crippen LogP contribution in [0, 0.1) is 5.92 Å². The molecule has 2 atom stereocenters. The summed E-state index contributed by atoms with van der Waals surface area (Å²) in [5.74, 6) is -0.104. The SMILES string of the molecule is O=c1[nH]c2ccc(C(Cl)C3CCOC3)cc2o1. The van der Waals surface area contributed by atoms with Crippen molar-refractivity contribution >= 4 is 22.7 Å². The van der Waals surface area contributed by atoms with Gasteiger partial charge in [0.15, 0.2) is 5.58 Å². The van der Waals surface area contributed by atoms with Gasteiger partial charge in [-0.15, -0.1) is 11.6 Å². The molecule has 0 aliphatic carbocycles. The number of alkyl halides is 1. The van der Waals surface area contributed by atoms with E-state index in [0.29, 0.717) is 23.6 Å². The van der Waals surface area contributed by atoms with E-state index in [-0.39, 0.29) is 5.38 Å². The molecule has 90 valence electrons. The maximum absolute atomic E-state index is 11.1. The number of aromatic nitrogens is 1. The number of nitrogens with one attached hydrogen (secondary N) is 1. The summed E-state index contributed by atoms with van der Waals surface area (Å²) < 4.78 is 10.3. The minimum atomic E-state index is -0.438. The Labute approximate surface area is 103 Å². The van der Waals surface area contributed by atoms with E-state index in [0.717, 1.165) is 18.6 Å². The molecule has 2 aromatic rings. The number of aromatic amines is 1. The van der Waals surface area contributed by atoms with Crippen LogP contribution >= 0.6 is 11.6 Å². The molecule has 0 bridgehead atoms. The van der Waals surface area contributed by atoms with E-state index in [2.05, 4.69) is 4.98 Å². The van der Waals surface area contributed by atoms with Gasteiger partial charge in [0, 0.05) is 12.5 Å². The third-order valence-corrected chi connectivity index (χ3v) is 3.75. The van der Waals surface area contributed by atoms with Gasteiger partial charge in [-0.05, 0) is 24.1 Å². The lowest BCUT2D eigenvalue weighted by Crippen LogP contribution is -2.07. The van der Waals surface area contributed by atoms with Crippen LogP contribution in [0.2, 0.25) is 0 Å². The number of H-pyrrole nitrogens is 1. The molecule has 0 saturated carbocycles. The lowest BCUT2D eigenvalue weighted by atomic mass is 9.98. The molecule has 2 unspecified atom stereocenters. The molecule has 1 aromatic carbocycles. The number of hydrogen-bond donors (Lipinski definition) is 1. The Morgan fingerprint density at radius 3 is 3.12 bits per heavy atom. The second kappa shape index (κ2) is 4.20. The molecule has 1 aromatic heterocycles. The van der Waals surface area contributed by atoms with Crippen molar-refractivity contribution in [1.82, 2.24) is 4.98 Å². The summed E-state index contributed by atoms with van der Waals surface area (Å²) in [5.41, 5.74) is 2.22. The summed E-state index contributed by atoms with van der Waals surface area (Å²) in [6, 6.07) is 5.56. The highest BCUT2D eigenvalue weighted by Gasteiger charge is 2.25. The van der Waals surface area contributed by atoms with Gasteiger partial charge in [0.05, 0.1) is 17.5 Å². The van der Waals surface area contributed by atoms with Crippen LogP contribution in [-0.4, -0.2) is 18.2 Å². The molecule has 1 saturated heterocycles. The summed E-state index contributed by atoms with van der Waals surface area (Å²) in [6.07, 6.45) is 0.975. The van der Waals surface area contributed by atoms with Crippen LogP contribution in [-0.2, 0) is 4.74 Å². The average Bonchev–Trinajstić information content (AvgIpc) is 2.94. The lowest BCUT2D eigenvalue weighted by molar-refractivity contribution is 0.185. The second-order valence-corrected chi connectivity index (χ2v) is 4.77. The van der Waals surface area contributed by atoms with Gasteiger partial charge >= 0.3 is 5.76 Å². The van der Waals surface area contributed by atoms with Gasteiger partial charge in [-0.25, -0.2) is 4.79 Å². The maximum atomic E-state index is 11.1. The van der Waals surface area contributed by atoms with E-state index in [1.54, 1.807) is 0 Å². The van der Waals surface area contributed by atoms with Gasteiger partial charge in [0.1, 0.15) is 0 Å². The highest BCUT2D eigenvalue weighted by molar-refractivity contribution is 6.21. The zero-order valence-electron chi connectivity index (χ0n) is 9.11. The van der Waals surface area contributed by atoms with Crippen LogP contribution in [0.5, 0.6) is 0 Å². The minimum Gasteiger partial charge on any atom is -0.408 e. The number of ether oxygens (including phenoxy) is 1. The van der Waals surface area contributed by atoms with Crippen LogP contribution in [0.3, 0.4) is 0 Å². The van der Waals surface area contributed by atoms with Gasteiger partial charge in [0.25, 0.3) is 0 Å². The monoisotopic (exact) mass is 253 g/mol. The van der Waals surface area contributed by atoms with E-state index in [4.69, 9.17) is 20.8 Å². The van der Waals surface area contributed by atoms with Crippen molar-refractivity contribution in [1.29, 1.82) is 0 Å². The van der Waals surface area contributed by atoms with E-state index in [9.17, 15) is 4.79 Å². The fourth-order valence-electron chi connectivity index (χ4n) is 2.19. The first kappa shape index (κ1) is 10.9. The first-order valence-electron chi connectivity index (χ1n) is 5.58. The third-order valence-electron chi connectivity index (χ3n) is 3.14. The molecule has 3 rings (SSSR count). The van der Waals surface area contributed by atoms with Gasteiger partial charge < -0.3 is 9.15 Å². The maximum Gasteiger partial charge on any atom is 0.417 e. The molecular formula is C12H12ClNO3. The van der Waals surface area contributed by atoms with Crippen molar-refractivity contribution in [3.8, 4) is 0 Å². The Bertz CT molecular complexity index is 583. The summed E-state index contributed by atoms with van der Waals surface area (Å²) in [6.45, 7) is 1.47. The van der Waals surface area contributed by atoms with Gasteiger partial charge in [-0.1, -0.05) is 6.07 Å². The molecule has 1 fully saturated rings. The van der Waals surface area contributed by atoms with Crippen molar-refractivity contribution in [3.05, 3.63) is 34.3 Å². The molecule has 0 amide bonds. The highest BCUT2D eigenvalue weighted by Crippen LogP contribution is 2.35. The Morgan fingerprint density at radius 1 is 1.47 bits per heavy atom. The predicted octanol–water partition coefficient (Wildman–Crippen LogP) is 2.44. The molecule has 17 heavy (non-hydrogen) atoms.